The van der Waals surface area contributed by atoms with E-state index in [0.717, 1.165) is 0 Å². The van der Waals surface area contributed by atoms with Crippen LogP contribution < -0.4 is 69.3 Å². The van der Waals surface area contributed by atoms with Gasteiger partial charge in [0.15, 0.2) is 0 Å². The van der Waals surface area contributed by atoms with Crippen LogP contribution in [0.3, 0.4) is 0 Å². The molecule has 22 heavy (non-hydrogen) atoms. The summed E-state index contributed by atoms with van der Waals surface area (Å²) in [7, 11) is 0. The molecular weight excluding hydrogens is 302 g/mol. The maximum atomic E-state index is 11.7. The first-order chi connectivity index (χ1) is 9.38. The average Bonchev–Trinajstić information content (AvgIpc) is 2.37. The van der Waals surface area contributed by atoms with Crippen molar-refractivity contribution in [3.63, 3.8) is 0 Å². The molecule has 0 fully saturated rings. The maximum Gasteiger partial charge on any atom is 1.00 e. The first kappa shape index (κ1) is 26.8. The fourth-order valence-corrected chi connectivity index (χ4v) is 2.32. The summed E-state index contributed by atoms with van der Waals surface area (Å²) >= 11 is 0. The molecule has 0 radical (unpaired) electrons. The Morgan fingerprint density at radius 2 is 0.818 bits per heavy atom. The van der Waals surface area contributed by atoms with Gasteiger partial charge in [-0.25, -0.2) is 0 Å². The molecule has 0 aromatic rings. The van der Waals surface area contributed by atoms with E-state index in [4.69, 9.17) is 0 Å². The van der Waals surface area contributed by atoms with Gasteiger partial charge >= 0.3 is 59.1 Å². The molecule has 0 N–H and O–H groups in total. The molecule has 0 heterocycles. The minimum atomic E-state index is -1.85. The Morgan fingerprint density at radius 3 is 0.909 bits per heavy atom. The van der Waals surface area contributed by atoms with Gasteiger partial charge < -0.3 is 19.8 Å². The fraction of sp³-hybridized carbons (Fsp3) is 0.375. The quantitative estimate of drug-likeness (QED) is 0.347. The Hall–Kier alpha value is -0.1000. The molecule has 0 rings (SSSR count). The van der Waals surface area contributed by atoms with Crippen molar-refractivity contribution in [3.8, 4) is 0 Å². The van der Waals surface area contributed by atoms with Gasteiger partial charge in [0.05, 0.1) is 22.8 Å². The van der Waals surface area contributed by atoms with Crippen LogP contribution in [0.25, 0.3) is 0 Å². The number of carbonyl (C=O) groups excluding carboxylic acids is 2. The van der Waals surface area contributed by atoms with Crippen molar-refractivity contribution >= 4 is 11.9 Å². The summed E-state index contributed by atoms with van der Waals surface area (Å²) in [5.41, 5.74) is -3.71. The summed E-state index contributed by atoms with van der Waals surface area (Å²) in [6.07, 6.45) is 11.2. The van der Waals surface area contributed by atoms with Crippen LogP contribution >= 0.6 is 0 Å². The molecule has 0 aliphatic heterocycles. The summed E-state index contributed by atoms with van der Waals surface area (Å²) < 4.78 is 0. The van der Waals surface area contributed by atoms with Crippen LogP contribution in [0.1, 0.15) is 27.7 Å². The number of hydrogen-bond donors (Lipinski definition) is 0. The third kappa shape index (κ3) is 5.22. The predicted molar refractivity (Wildman–Crippen MR) is 74.1 cm³/mol. The minimum absolute atomic E-state index is 0. The summed E-state index contributed by atoms with van der Waals surface area (Å²) in [5, 5.41) is 23.5. The van der Waals surface area contributed by atoms with Crippen molar-refractivity contribution in [2.24, 2.45) is 10.8 Å². The zero-order valence-corrected chi connectivity index (χ0v) is 18.3. The van der Waals surface area contributed by atoms with E-state index in [9.17, 15) is 19.8 Å². The van der Waals surface area contributed by atoms with E-state index in [1.54, 1.807) is 27.7 Å². The number of carboxylic acids is 2. The molecule has 0 bridgehead atoms. The van der Waals surface area contributed by atoms with Gasteiger partial charge in [0, 0.05) is 0 Å². The summed E-state index contributed by atoms with van der Waals surface area (Å²) in [6, 6.07) is 0. The monoisotopic (exact) mass is 322 g/mol. The Bertz CT molecular complexity index is 409. The van der Waals surface area contributed by atoms with Crippen LogP contribution in [0.15, 0.2) is 48.6 Å². The molecule has 6 heteroatoms. The first-order valence-corrected chi connectivity index (χ1v) is 6.36. The third-order valence-electron chi connectivity index (χ3n) is 3.08. The zero-order valence-electron chi connectivity index (χ0n) is 14.3. The zero-order chi connectivity index (χ0) is 15.8. The maximum absolute atomic E-state index is 11.7. The SMILES string of the molecule is CC=CC(C=CC)(C(=O)[O-])C(C=CC)(C=CC)C(=O)[O-].[Na+].[Na+]. The van der Waals surface area contributed by atoms with Gasteiger partial charge in [-0.1, -0.05) is 48.6 Å². The number of carbonyl (C=O) groups is 2. The van der Waals surface area contributed by atoms with Crippen molar-refractivity contribution in [1.29, 1.82) is 0 Å². The fourth-order valence-electron chi connectivity index (χ4n) is 2.32. The van der Waals surface area contributed by atoms with Gasteiger partial charge in [0.25, 0.3) is 0 Å². The summed E-state index contributed by atoms with van der Waals surface area (Å²) in [4.78, 5) is 23.5. The number of aliphatic carboxylic acids is 2. The van der Waals surface area contributed by atoms with Gasteiger partial charge in [0.1, 0.15) is 0 Å². The number of carboxylic acid groups (broad SMARTS) is 2. The van der Waals surface area contributed by atoms with Gasteiger partial charge in [-0.15, -0.1) is 0 Å². The van der Waals surface area contributed by atoms with Crippen LogP contribution in [0.5, 0.6) is 0 Å². The third-order valence-corrected chi connectivity index (χ3v) is 3.08. The molecule has 0 aliphatic rings. The summed E-state index contributed by atoms with van der Waals surface area (Å²) in [6.45, 7) is 6.47. The smallest absolute Gasteiger partial charge is 0.549 e. The standard InChI is InChI=1S/C16H22O4.2Na/c1-5-9-15(10-6-2,13(17)18)16(11-7-3,12-8-4)14(19)20;;/h5-12H,1-4H3,(H,17,18)(H,19,20);;/q;2*+1/p-2. The van der Waals surface area contributed by atoms with Gasteiger partial charge in [-0.3, -0.25) is 0 Å². The van der Waals surface area contributed by atoms with E-state index >= 15 is 0 Å². The van der Waals surface area contributed by atoms with E-state index in [1.807, 2.05) is 0 Å². The number of hydrogen-bond acceptors (Lipinski definition) is 4. The second-order valence-electron chi connectivity index (χ2n) is 4.31. The largest absolute Gasteiger partial charge is 1.00 e. The topological polar surface area (TPSA) is 80.3 Å². The second kappa shape index (κ2) is 12.3. The Balaban J connectivity index is -0.00000180. The molecule has 110 valence electrons. The number of rotatable bonds is 7. The second-order valence-corrected chi connectivity index (χ2v) is 4.31. The Kier molecular flexibility index (Phi) is 15.0. The molecule has 0 aromatic carbocycles. The first-order valence-electron chi connectivity index (χ1n) is 6.36. The van der Waals surface area contributed by atoms with Gasteiger partial charge in [0.2, 0.25) is 0 Å². The molecule has 4 nitrogen and oxygen atoms in total. The van der Waals surface area contributed by atoms with Crippen molar-refractivity contribution in [2.75, 3.05) is 0 Å². The van der Waals surface area contributed by atoms with Crippen molar-refractivity contribution in [1.82, 2.24) is 0 Å². The van der Waals surface area contributed by atoms with Crippen LogP contribution in [0, 0.1) is 10.8 Å². The minimum Gasteiger partial charge on any atom is -0.549 e. The van der Waals surface area contributed by atoms with E-state index < -0.39 is 22.8 Å². The number of allylic oxidation sites excluding steroid dienone is 4. The molecular formula is C16H20Na2O4. The van der Waals surface area contributed by atoms with Gasteiger partial charge in [-0.05, 0) is 27.7 Å². The van der Waals surface area contributed by atoms with Crippen LogP contribution in [0.4, 0.5) is 0 Å². The van der Waals surface area contributed by atoms with Gasteiger partial charge in [-0.2, -0.15) is 0 Å². The van der Waals surface area contributed by atoms with E-state index in [2.05, 4.69) is 0 Å². The van der Waals surface area contributed by atoms with Crippen molar-refractivity contribution in [3.05, 3.63) is 48.6 Å². The van der Waals surface area contributed by atoms with Crippen LogP contribution in [-0.4, -0.2) is 11.9 Å². The van der Waals surface area contributed by atoms with E-state index in [1.165, 1.54) is 48.6 Å². The van der Waals surface area contributed by atoms with Crippen molar-refractivity contribution in [2.45, 2.75) is 27.7 Å². The Morgan fingerprint density at radius 1 is 0.636 bits per heavy atom. The Labute approximate surface area is 176 Å². The van der Waals surface area contributed by atoms with Crippen molar-refractivity contribution < 1.29 is 78.9 Å². The molecule has 0 unspecified atom stereocenters. The molecule has 0 amide bonds. The molecule has 0 spiro atoms. The van der Waals surface area contributed by atoms with Crippen LogP contribution in [0.2, 0.25) is 0 Å². The molecule has 0 saturated heterocycles. The summed E-state index contributed by atoms with van der Waals surface area (Å²) in [5.74, 6) is -3.01. The molecule has 0 atom stereocenters. The van der Waals surface area contributed by atoms with Crippen LogP contribution in [-0.2, 0) is 9.59 Å². The average molecular weight is 322 g/mol. The van der Waals surface area contributed by atoms with E-state index in [0.29, 0.717) is 0 Å². The van der Waals surface area contributed by atoms with E-state index in [-0.39, 0.29) is 59.1 Å². The molecule has 0 saturated carbocycles. The predicted octanol–water partition coefficient (Wildman–Crippen LogP) is -5.23. The normalized spacial score (nSPS) is 17.1. The molecule has 0 aliphatic carbocycles. The molecule has 0 aromatic heterocycles.